The second-order valence-electron chi connectivity index (χ2n) is 10.3. The molecule has 8 heteroatoms. The predicted molar refractivity (Wildman–Crippen MR) is 125 cm³/mol. The highest BCUT2D eigenvalue weighted by atomic mass is 16.1. The number of carbonyl (C=O) groups excluding carboxylic acids is 1. The second kappa shape index (κ2) is 11.0. The summed E-state index contributed by atoms with van der Waals surface area (Å²) in [5.74, 6) is 3.20. The maximum absolute atomic E-state index is 13.2. The summed E-state index contributed by atoms with van der Waals surface area (Å²) in [6.45, 7) is 9.99. The Hall–Kier alpha value is -1.38. The summed E-state index contributed by atoms with van der Waals surface area (Å²) >= 11 is 0. The first-order valence-electron chi connectivity index (χ1n) is 12.6. The molecule has 3 heterocycles. The van der Waals surface area contributed by atoms with Crippen LogP contribution in [-0.2, 0) is 4.79 Å². The first-order valence-corrected chi connectivity index (χ1v) is 12.6. The Balaban J connectivity index is 1.34. The minimum atomic E-state index is 0.121. The van der Waals surface area contributed by atoms with Crippen molar-refractivity contribution in [3.05, 3.63) is 0 Å². The van der Waals surface area contributed by atoms with Crippen molar-refractivity contribution < 1.29 is 4.79 Å². The van der Waals surface area contributed by atoms with Gasteiger partial charge in [0, 0.05) is 37.6 Å². The summed E-state index contributed by atoms with van der Waals surface area (Å²) in [5, 5.41) is 20.7. The maximum Gasteiger partial charge on any atom is 0.223 e. The molecule has 0 aromatic rings. The Morgan fingerprint density at radius 1 is 0.968 bits per heavy atom. The monoisotopic (exact) mass is 433 g/mol. The van der Waals surface area contributed by atoms with E-state index in [9.17, 15) is 4.79 Å². The predicted octanol–water partition coefficient (Wildman–Crippen LogP) is 0.370. The van der Waals surface area contributed by atoms with Crippen LogP contribution in [0.1, 0.15) is 52.4 Å². The van der Waals surface area contributed by atoms with E-state index in [1.165, 1.54) is 19.3 Å². The van der Waals surface area contributed by atoms with Crippen LogP contribution in [0.5, 0.6) is 0 Å². The van der Waals surface area contributed by atoms with Crippen LogP contribution in [-0.4, -0.2) is 69.4 Å². The summed E-state index contributed by atoms with van der Waals surface area (Å²) < 4.78 is 0. The van der Waals surface area contributed by atoms with Crippen LogP contribution in [0.15, 0.2) is 4.99 Å². The number of rotatable bonds is 6. The van der Waals surface area contributed by atoms with Gasteiger partial charge in [0.2, 0.25) is 5.91 Å². The zero-order chi connectivity index (χ0) is 21.6. The fourth-order valence-electron chi connectivity index (χ4n) is 6.04. The number of hydrogen-bond donors (Lipinski definition) is 6. The third kappa shape index (κ3) is 6.56. The van der Waals surface area contributed by atoms with Crippen molar-refractivity contribution in [2.45, 2.75) is 70.6 Å². The molecule has 4 aliphatic rings. The van der Waals surface area contributed by atoms with Gasteiger partial charge >= 0.3 is 0 Å². The minimum absolute atomic E-state index is 0.121. The topological polar surface area (TPSA) is 102 Å². The van der Waals surface area contributed by atoms with E-state index >= 15 is 0 Å². The highest BCUT2D eigenvalue weighted by Gasteiger charge is 2.37. The van der Waals surface area contributed by atoms with E-state index in [-0.39, 0.29) is 18.0 Å². The fraction of sp³-hybridized carbons (Fsp3) is 0.913. The molecule has 4 rings (SSSR count). The highest BCUT2D eigenvalue weighted by Crippen LogP contribution is 2.40. The molecule has 1 aliphatic carbocycles. The summed E-state index contributed by atoms with van der Waals surface area (Å²) in [6.07, 6.45) is 7.04. The van der Waals surface area contributed by atoms with E-state index in [1.807, 2.05) is 0 Å². The molecule has 0 spiro atoms. The third-order valence-electron chi connectivity index (χ3n) is 7.71. The van der Waals surface area contributed by atoms with Crippen LogP contribution in [0.3, 0.4) is 0 Å². The molecule has 8 nitrogen and oxygen atoms in total. The molecule has 0 aromatic carbocycles. The van der Waals surface area contributed by atoms with Crippen LogP contribution in [0.4, 0.5) is 0 Å². The smallest absolute Gasteiger partial charge is 0.223 e. The van der Waals surface area contributed by atoms with E-state index in [0.29, 0.717) is 30.5 Å². The molecule has 0 bridgehead atoms. The number of aliphatic imine (C=N–C) groups is 1. The largest absolute Gasteiger partial charge is 0.356 e. The highest BCUT2D eigenvalue weighted by molar-refractivity contribution is 5.81. The van der Waals surface area contributed by atoms with Crippen LogP contribution in [0.25, 0.3) is 0 Å². The Morgan fingerprint density at radius 3 is 2.61 bits per heavy atom. The third-order valence-corrected chi connectivity index (χ3v) is 7.71. The van der Waals surface area contributed by atoms with Gasteiger partial charge in [-0.1, -0.05) is 0 Å². The maximum atomic E-state index is 13.2. The average Bonchev–Trinajstić information content (AvgIpc) is 3.30. The van der Waals surface area contributed by atoms with Crippen molar-refractivity contribution in [2.75, 3.05) is 39.3 Å². The van der Waals surface area contributed by atoms with Gasteiger partial charge < -0.3 is 26.6 Å². The molecule has 176 valence electrons. The number of carbonyl (C=O) groups is 1. The first-order chi connectivity index (χ1) is 15.1. The van der Waals surface area contributed by atoms with Crippen molar-refractivity contribution in [2.24, 2.45) is 28.7 Å². The quantitative estimate of drug-likeness (QED) is 0.362. The van der Waals surface area contributed by atoms with Crippen molar-refractivity contribution >= 4 is 11.9 Å². The van der Waals surface area contributed by atoms with Gasteiger partial charge in [-0.3, -0.25) is 15.1 Å². The summed E-state index contributed by atoms with van der Waals surface area (Å²) in [6, 6.07) is 1.10. The van der Waals surface area contributed by atoms with Crippen LogP contribution < -0.4 is 31.9 Å². The lowest BCUT2D eigenvalue weighted by molar-refractivity contribution is -0.127. The van der Waals surface area contributed by atoms with Crippen LogP contribution in [0, 0.1) is 23.7 Å². The Kier molecular flexibility index (Phi) is 8.07. The number of hydrogen-bond acceptors (Lipinski definition) is 7. The molecule has 31 heavy (non-hydrogen) atoms. The van der Waals surface area contributed by atoms with Gasteiger partial charge in [-0.2, -0.15) is 0 Å². The lowest BCUT2D eigenvalue weighted by Crippen LogP contribution is -2.58. The fourth-order valence-corrected chi connectivity index (χ4v) is 6.04. The van der Waals surface area contributed by atoms with Crippen LogP contribution >= 0.6 is 0 Å². The Morgan fingerprint density at radius 2 is 1.84 bits per heavy atom. The van der Waals surface area contributed by atoms with Crippen LogP contribution in [0.2, 0.25) is 0 Å². The summed E-state index contributed by atoms with van der Waals surface area (Å²) in [5.41, 5.74) is 0. The number of nitrogens with one attached hydrogen (secondary N) is 6. The zero-order valence-electron chi connectivity index (χ0n) is 19.4. The summed E-state index contributed by atoms with van der Waals surface area (Å²) in [7, 11) is 0. The Bertz CT molecular complexity index is 627. The Labute approximate surface area is 187 Å². The number of piperidine rings is 1. The van der Waals surface area contributed by atoms with Gasteiger partial charge in [0.1, 0.15) is 0 Å². The molecule has 3 fully saturated rings. The molecule has 2 saturated heterocycles. The molecule has 1 amide bonds. The van der Waals surface area contributed by atoms with E-state index in [2.05, 4.69) is 50.7 Å². The number of amides is 1. The van der Waals surface area contributed by atoms with Gasteiger partial charge in [0.05, 0.1) is 12.7 Å². The molecule has 6 N–H and O–H groups in total. The first kappa shape index (κ1) is 22.8. The SMILES string of the molecule is CC1CC(C2CC(CNC3=NCCN3)CC(C(=O)NCC3NCCC(C)N3)C2)CCN1. The molecule has 7 unspecified atom stereocenters. The van der Waals surface area contributed by atoms with E-state index < -0.39 is 0 Å². The molecular formula is C23H43N7O. The van der Waals surface area contributed by atoms with Gasteiger partial charge in [0.25, 0.3) is 0 Å². The number of guanidine groups is 1. The lowest BCUT2D eigenvalue weighted by atomic mass is 9.67. The average molecular weight is 434 g/mol. The molecular weight excluding hydrogens is 390 g/mol. The minimum Gasteiger partial charge on any atom is -0.356 e. The van der Waals surface area contributed by atoms with E-state index in [4.69, 9.17) is 0 Å². The van der Waals surface area contributed by atoms with Gasteiger partial charge in [-0.15, -0.1) is 0 Å². The van der Waals surface area contributed by atoms with Crippen molar-refractivity contribution in [3.63, 3.8) is 0 Å². The van der Waals surface area contributed by atoms with Crippen molar-refractivity contribution in [1.82, 2.24) is 31.9 Å². The molecule has 0 radical (unpaired) electrons. The van der Waals surface area contributed by atoms with E-state index in [1.54, 1.807) is 0 Å². The zero-order valence-corrected chi connectivity index (χ0v) is 19.4. The normalized spacial score (nSPS) is 38.8. The molecule has 3 aliphatic heterocycles. The summed E-state index contributed by atoms with van der Waals surface area (Å²) in [4.78, 5) is 17.7. The van der Waals surface area contributed by atoms with Gasteiger partial charge in [0.15, 0.2) is 5.96 Å². The van der Waals surface area contributed by atoms with Gasteiger partial charge in [-0.05, 0) is 83.2 Å². The molecule has 1 saturated carbocycles. The van der Waals surface area contributed by atoms with Gasteiger partial charge in [-0.25, -0.2) is 0 Å². The van der Waals surface area contributed by atoms with Crippen molar-refractivity contribution in [3.8, 4) is 0 Å². The van der Waals surface area contributed by atoms with Crippen molar-refractivity contribution in [1.29, 1.82) is 0 Å². The number of nitrogens with zero attached hydrogens (tertiary/aromatic N) is 1. The lowest BCUT2D eigenvalue weighted by Gasteiger charge is -2.41. The molecule has 0 aromatic heterocycles. The second-order valence-corrected chi connectivity index (χ2v) is 10.3. The standard InChI is InChI=1S/C23H43N7O/c1-15-3-5-25-21(30-15)14-28-22(31)20-11-17(13-29-23-26-7-8-27-23)10-19(12-20)18-4-6-24-16(2)9-18/h15-21,24-25,30H,3-14H2,1-2H3,(H,28,31)(H2,26,27,29). The van der Waals surface area contributed by atoms with E-state index in [0.717, 1.165) is 63.9 Å². The molecule has 7 atom stereocenters.